The quantitative estimate of drug-likeness (QED) is 0.821. The number of fused-ring (bicyclic) bond motifs is 1. The first-order valence-electron chi connectivity index (χ1n) is 5.99. The van der Waals surface area contributed by atoms with Gasteiger partial charge in [0.2, 0.25) is 6.29 Å². The maximum atomic E-state index is 11.1. The summed E-state index contributed by atoms with van der Waals surface area (Å²) in [6, 6.07) is 7.50. The molecule has 3 rings (SSSR count). The molecule has 2 N–H and O–H groups in total. The highest BCUT2D eigenvalue weighted by atomic mass is 32.1. The normalized spacial score (nSPS) is 16.7. The first-order chi connectivity index (χ1) is 10.1. The van der Waals surface area contributed by atoms with Crippen LogP contribution in [0.3, 0.4) is 0 Å². The van der Waals surface area contributed by atoms with Crippen LogP contribution >= 0.6 is 11.3 Å². The third kappa shape index (κ3) is 2.86. The summed E-state index contributed by atoms with van der Waals surface area (Å²) in [6.45, 7) is 0.398. The van der Waals surface area contributed by atoms with E-state index in [1.165, 1.54) is 0 Å². The van der Waals surface area contributed by atoms with Crippen LogP contribution in [0.4, 0.5) is 5.13 Å². The van der Waals surface area contributed by atoms with Crippen LogP contribution in [0.25, 0.3) is 0 Å². The predicted molar refractivity (Wildman–Crippen MR) is 73.0 cm³/mol. The topological polar surface area (TPSA) is 97.8 Å². The lowest BCUT2D eigenvalue weighted by Crippen LogP contribution is -2.22. The van der Waals surface area contributed by atoms with E-state index in [9.17, 15) is 9.59 Å². The van der Waals surface area contributed by atoms with Gasteiger partial charge in [0.05, 0.1) is 6.61 Å². The van der Waals surface area contributed by atoms with E-state index in [0.29, 0.717) is 12.3 Å². The molecule has 0 spiro atoms. The smallest absolute Gasteiger partial charge is 0.394 e. The molecule has 0 saturated carbocycles. The van der Waals surface area contributed by atoms with E-state index >= 15 is 0 Å². The summed E-state index contributed by atoms with van der Waals surface area (Å²) in [4.78, 5) is 25.6. The highest BCUT2D eigenvalue weighted by Crippen LogP contribution is 2.33. The van der Waals surface area contributed by atoms with Crippen molar-refractivity contribution in [1.29, 1.82) is 0 Å². The SMILES string of the molecule is O=C(O)C(=O)Nc1nc(C2OCc3ccccc3O2)cs1. The number of carbonyl (C=O) groups excluding carboxylic acids is 1. The molecule has 0 saturated heterocycles. The molecule has 2 aromatic rings. The molecular formula is C13H10N2O5S. The maximum Gasteiger partial charge on any atom is 0.394 e. The molecule has 0 bridgehead atoms. The molecule has 1 aromatic carbocycles. The van der Waals surface area contributed by atoms with Crippen molar-refractivity contribution >= 4 is 28.3 Å². The minimum Gasteiger partial charge on any atom is -0.474 e. The fourth-order valence-electron chi connectivity index (χ4n) is 1.80. The lowest BCUT2D eigenvalue weighted by Gasteiger charge is -2.24. The maximum absolute atomic E-state index is 11.1. The molecule has 8 heteroatoms. The van der Waals surface area contributed by atoms with Crippen molar-refractivity contribution < 1.29 is 24.2 Å². The second-order valence-corrected chi connectivity index (χ2v) is 5.06. The Bertz CT molecular complexity index is 699. The van der Waals surface area contributed by atoms with Gasteiger partial charge >= 0.3 is 11.9 Å². The predicted octanol–water partition coefficient (Wildman–Crippen LogP) is 1.77. The molecular weight excluding hydrogens is 296 g/mol. The molecule has 108 valence electrons. The van der Waals surface area contributed by atoms with Crippen molar-refractivity contribution in [3.63, 3.8) is 0 Å². The average molecular weight is 306 g/mol. The summed E-state index contributed by atoms with van der Waals surface area (Å²) in [6.07, 6.45) is -0.674. The van der Waals surface area contributed by atoms with E-state index in [4.69, 9.17) is 14.6 Å². The van der Waals surface area contributed by atoms with Gasteiger partial charge in [-0.15, -0.1) is 11.3 Å². The molecule has 21 heavy (non-hydrogen) atoms. The van der Waals surface area contributed by atoms with Crippen LogP contribution < -0.4 is 10.1 Å². The van der Waals surface area contributed by atoms with E-state index < -0.39 is 18.2 Å². The summed E-state index contributed by atoms with van der Waals surface area (Å²) in [5, 5.41) is 12.5. The van der Waals surface area contributed by atoms with Crippen LogP contribution in [0.2, 0.25) is 0 Å². The van der Waals surface area contributed by atoms with E-state index in [1.807, 2.05) is 24.3 Å². The van der Waals surface area contributed by atoms with E-state index in [-0.39, 0.29) is 5.13 Å². The van der Waals surface area contributed by atoms with Crippen molar-refractivity contribution in [2.75, 3.05) is 5.32 Å². The molecule has 1 aliphatic heterocycles. The summed E-state index contributed by atoms with van der Waals surface area (Å²) in [5.41, 5.74) is 1.43. The van der Waals surface area contributed by atoms with Gasteiger partial charge in [0.15, 0.2) is 5.13 Å². The fourth-order valence-corrected chi connectivity index (χ4v) is 2.51. The first kappa shape index (κ1) is 13.5. The number of nitrogens with zero attached hydrogens (tertiary/aromatic N) is 1. The molecule has 1 aromatic heterocycles. The Morgan fingerprint density at radius 1 is 1.38 bits per heavy atom. The second kappa shape index (κ2) is 5.51. The minimum atomic E-state index is -1.56. The van der Waals surface area contributed by atoms with Crippen LogP contribution in [0, 0.1) is 0 Å². The Hall–Kier alpha value is -2.45. The van der Waals surface area contributed by atoms with Gasteiger partial charge in [-0.2, -0.15) is 0 Å². The molecule has 2 heterocycles. The van der Waals surface area contributed by atoms with Gasteiger partial charge < -0.3 is 14.6 Å². The summed E-state index contributed by atoms with van der Waals surface area (Å²) >= 11 is 1.10. The third-order valence-electron chi connectivity index (χ3n) is 2.77. The highest BCUT2D eigenvalue weighted by molar-refractivity contribution is 7.14. The van der Waals surface area contributed by atoms with Crippen LogP contribution in [0.5, 0.6) is 5.75 Å². The number of benzene rings is 1. The lowest BCUT2D eigenvalue weighted by atomic mass is 10.2. The number of amides is 1. The molecule has 0 fully saturated rings. The largest absolute Gasteiger partial charge is 0.474 e. The van der Waals surface area contributed by atoms with Crippen LogP contribution in [-0.4, -0.2) is 22.0 Å². The zero-order valence-electron chi connectivity index (χ0n) is 10.6. The van der Waals surface area contributed by atoms with E-state index in [2.05, 4.69) is 10.3 Å². The molecule has 1 unspecified atom stereocenters. The zero-order chi connectivity index (χ0) is 14.8. The molecule has 1 aliphatic rings. The number of rotatable bonds is 2. The molecule has 7 nitrogen and oxygen atoms in total. The first-order valence-corrected chi connectivity index (χ1v) is 6.87. The number of aromatic nitrogens is 1. The minimum absolute atomic E-state index is 0.184. The van der Waals surface area contributed by atoms with Crippen molar-refractivity contribution in [1.82, 2.24) is 4.98 Å². The molecule has 1 atom stereocenters. The lowest BCUT2D eigenvalue weighted by molar-refractivity contribution is -0.147. The van der Waals surface area contributed by atoms with Gasteiger partial charge in [0.25, 0.3) is 0 Å². The number of carboxylic acids is 1. The monoisotopic (exact) mass is 306 g/mol. The number of hydrogen-bond acceptors (Lipinski definition) is 6. The Morgan fingerprint density at radius 3 is 3.00 bits per heavy atom. The Balaban J connectivity index is 1.73. The van der Waals surface area contributed by atoms with Crippen molar-refractivity contribution in [3.8, 4) is 5.75 Å². The van der Waals surface area contributed by atoms with Gasteiger partial charge in [-0.25, -0.2) is 9.78 Å². The summed E-state index contributed by atoms with van der Waals surface area (Å²) < 4.78 is 11.2. The number of carboxylic acid groups (broad SMARTS) is 1. The van der Waals surface area contributed by atoms with Crippen LogP contribution in [0.15, 0.2) is 29.6 Å². The number of para-hydroxylation sites is 1. The zero-order valence-corrected chi connectivity index (χ0v) is 11.4. The Kier molecular flexibility index (Phi) is 3.55. The third-order valence-corrected chi connectivity index (χ3v) is 3.55. The van der Waals surface area contributed by atoms with E-state index in [1.54, 1.807) is 5.38 Å². The average Bonchev–Trinajstić information content (AvgIpc) is 2.95. The van der Waals surface area contributed by atoms with Crippen molar-refractivity contribution in [2.24, 2.45) is 0 Å². The fraction of sp³-hybridized carbons (Fsp3) is 0.154. The highest BCUT2D eigenvalue weighted by Gasteiger charge is 2.24. The number of anilines is 1. The number of ether oxygens (including phenoxy) is 2. The van der Waals surface area contributed by atoms with Gasteiger partial charge in [-0.3, -0.25) is 10.1 Å². The molecule has 0 aliphatic carbocycles. The standard InChI is InChI=1S/C13H10N2O5S/c16-10(11(17)18)15-13-14-8(6-21-13)12-19-5-7-3-1-2-4-9(7)20-12/h1-4,6,12H,5H2,(H,17,18)(H,14,15,16). The van der Waals surface area contributed by atoms with Crippen molar-refractivity contribution in [2.45, 2.75) is 12.9 Å². The number of thiazole rings is 1. The van der Waals surface area contributed by atoms with Gasteiger partial charge in [-0.1, -0.05) is 18.2 Å². The number of nitrogens with one attached hydrogen (secondary N) is 1. The Morgan fingerprint density at radius 2 is 2.19 bits per heavy atom. The number of carbonyl (C=O) groups is 2. The second-order valence-electron chi connectivity index (χ2n) is 4.21. The van der Waals surface area contributed by atoms with Crippen molar-refractivity contribution in [3.05, 3.63) is 40.9 Å². The van der Waals surface area contributed by atoms with Gasteiger partial charge in [0.1, 0.15) is 11.4 Å². The van der Waals surface area contributed by atoms with Crippen LogP contribution in [0.1, 0.15) is 17.5 Å². The summed E-state index contributed by atoms with van der Waals surface area (Å²) in [7, 11) is 0. The number of aliphatic carboxylic acids is 1. The molecule has 1 amide bonds. The van der Waals surface area contributed by atoms with E-state index in [0.717, 1.165) is 22.6 Å². The number of hydrogen-bond donors (Lipinski definition) is 2. The van der Waals surface area contributed by atoms with Crippen LogP contribution in [-0.2, 0) is 20.9 Å². The summed E-state index contributed by atoms with van der Waals surface area (Å²) in [5.74, 6) is -1.98. The van der Waals surface area contributed by atoms with Gasteiger partial charge in [0, 0.05) is 10.9 Å². The molecule has 0 radical (unpaired) electrons. The Labute approximate surface area is 123 Å². The van der Waals surface area contributed by atoms with Gasteiger partial charge in [-0.05, 0) is 6.07 Å².